The molecule has 1 fully saturated rings. The second-order valence-corrected chi connectivity index (χ2v) is 4.83. The van der Waals surface area contributed by atoms with Gasteiger partial charge in [-0.05, 0) is 30.4 Å². The average molecular weight is 233 g/mol. The molecule has 2 nitrogen and oxygen atoms in total. The Bertz CT molecular complexity index is 399. The van der Waals surface area contributed by atoms with Crippen LogP contribution in [0.3, 0.4) is 0 Å². The predicted molar refractivity (Wildman–Crippen MR) is 66.6 cm³/mol. The van der Waals surface area contributed by atoms with E-state index in [2.05, 4.69) is 18.7 Å². The predicted octanol–water partition coefficient (Wildman–Crippen LogP) is 2.44. The molecule has 1 aliphatic heterocycles. The van der Waals surface area contributed by atoms with Gasteiger partial charge in [0.15, 0.2) is 0 Å². The van der Waals surface area contributed by atoms with Crippen molar-refractivity contribution in [2.24, 2.45) is 5.92 Å². The van der Waals surface area contributed by atoms with Crippen molar-refractivity contribution >= 4 is 12.6 Å². The van der Waals surface area contributed by atoms with Crippen molar-refractivity contribution in [3.05, 3.63) is 35.4 Å². The van der Waals surface area contributed by atoms with Gasteiger partial charge < -0.3 is 4.74 Å². The monoisotopic (exact) mass is 233 g/mol. The van der Waals surface area contributed by atoms with E-state index in [1.54, 1.807) is 0 Å². The van der Waals surface area contributed by atoms with Crippen LogP contribution in [0, 0.1) is 17.2 Å². The van der Waals surface area contributed by atoms with Crippen LogP contribution in [0.5, 0.6) is 0 Å². The summed E-state index contributed by atoms with van der Waals surface area (Å²) in [7, 11) is 0. The summed E-state index contributed by atoms with van der Waals surface area (Å²) in [6.45, 7) is 1.57. The van der Waals surface area contributed by atoms with Gasteiger partial charge in [0.25, 0.3) is 0 Å². The van der Waals surface area contributed by atoms with E-state index in [-0.39, 0.29) is 0 Å². The second-order valence-electron chi connectivity index (χ2n) is 4.16. The normalized spacial score (nSPS) is 25.0. The van der Waals surface area contributed by atoms with E-state index in [9.17, 15) is 0 Å². The van der Waals surface area contributed by atoms with Crippen molar-refractivity contribution in [1.82, 2.24) is 0 Å². The molecule has 1 aromatic carbocycles. The molecule has 1 aliphatic rings. The lowest BCUT2D eigenvalue weighted by Crippen LogP contribution is -2.29. The summed E-state index contributed by atoms with van der Waals surface area (Å²) < 4.78 is 5.47. The third-order valence-corrected chi connectivity index (χ3v) is 3.73. The fourth-order valence-corrected chi connectivity index (χ4v) is 2.37. The molecule has 16 heavy (non-hydrogen) atoms. The highest BCUT2D eigenvalue weighted by Gasteiger charge is 2.23. The van der Waals surface area contributed by atoms with Gasteiger partial charge >= 0.3 is 0 Å². The van der Waals surface area contributed by atoms with E-state index in [4.69, 9.17) is 10.00 Å². The van der Waals surface area contributed by atoms with Crippen molar-refractivity contribution in [3.63, 3.8) is 0 Å². The first-order valence-electron chi connectivity index (χ1n) is 5.55. The van der Waals surface area contributed by atoms with Crippen LogP contribution >= 0.6 is 12.6 Å². The largest absolute Gasteiger partial charge is 0.381 e. The molecule has 0 N–H and O–H groups in total. The summed E-state index contributed by atoms with van der Waals surface area (Å²) in [5.74, 6) is 0.423. The molecule has 0 spiro atoms. The van der Waals surface area contributed by atoms with E-state index < -0.39 is 0 Å². The Labute approximate surface area is 102 Å². The Kier molecular flexibility index (Phi) is 3.87. The van der Waals surface area contributed by atoms with Crippen LogP contribution in [0.2, 0.25) is 0 Å². The standard InChI is InChI=1S/C13H15NOS/c14-8-11-4-2-1-3-10(11)7-12-9-15-6-5-13(12)16/h1-4,12-13,16H,5-7,9H2/t12-,13+/m0/s1. The number of hydrogen-bond donors (Lipinski definition) is 1. The van der Waals surface area contributed by atoms with Gasteiger partial charge in [-0.1, -0.05) is 18.2 Å². The molecule has 0 saturated carbocycles. The first kappa shape index (κ1) is 11.5. The van der Waals surface area contributed by atoms with Gasteiger partial charge in [-0.25, -0.2) is 0 Å². The van der Waals surface area contributed by atoms with Crippen molar-refractivity contribution < 1.29 is 4.74 Å². The van der Waals surface area contributed by atoms with E-state index >= 15 is 0 Å². The maximum Gasteiger partial charge on any atom is 0.0994 e. The van der Waals surface area contributed by atoms with Crippen LogP contribution in [-0.2, 0) is 11.2 Å². The summed E-state index contributed by atoms with van der Waals surface area (Å²) in [6.07, 6.45) is 1.89. The first-order valence-corrected chi connectivity index (χ1v) is 6.06. The van der Waals surface area contributed by atoms with Crippen LogP contribution in [0.15, 0.2) is 24.3 Å². The van der Waals surface area contributed by atoms with Crippen molar-refractivity contribution in [2.75, 3.05) is 13.2 Å². The molecule has 0 radical (unpaired) electrons. The van der Waals surface area contributed by atoms with Gasteiger partial charge in [0, 0.05) is 11.9 Å². The zero-order valence-electron chi connectivity index (χ0n) is 9.10. The van der Waals surface area contributed by atoms with Crippen LogP contribution in [0.25, 0.3) is 0 Å². The molecular weight excluding hydrogens is 218 g/mol. The van der Waals surface area contributed by atoms with Crippen molar-refractivity contribution in [3.8, 4) is 6.07 Å². The Morgan fingerprint density at radius 3 is 3.00 bits per heavy atom. The van der Waals surface area contributed by atoms with Crippen LogP contribution < -0.4 is 0 Å². The maximum atomic E-state index is 9.01. The third kappa shape index (κ3) is 2.58. The highest BCUT2D eigenvalue weighted by Crippen LogP contribution is 2.24. The molecule has 2 atom stereocenters. The zero-order chi connectivity index (χ0) is 11.4. The topological polar surface area (TPSA) is 33.0 Å². The summed E-state index contributed by atoms with van der Waals surface area (Å²) in [5, 5.41) is 9.40. The average Bonchev–Trinajstić information content (AvgIpc) is 2.33. The number of rotatable bonds is 2. The molecule has 0 unspecified atom stereocenters. The number of hydrogen-bond acceptors (Lipinski definition) is 3. The molecule has 1 heterocycles. The molecule has 2 rings (SSSR count). The lowest BCUT2D eigenvalue weighted by atomic mass is 9.91. The molecule has 0 bridgehead atoms. The summed E-state index contributed by atoms with van der Waals surface area (Å²) >= 11 is 4.59. The minimum Gasteiger partial charge on any atom is -0.381 e. The minimum absolute atomic E-state index is 0.389. The number of thiol groups is 1. The maximum absolute atomic E-state index is 9.01. The van der Waals surface area contributed by atoms with Gasteiger partial charge in [-0.15, -0.1) is 0 Å². The fourth-order valence-electron chi connectivity index (χ4n) is 2.07. The van der Waals surface area contributed by atoms with E-state index in [1.807, 2.05) is 24.3 Å². The van der Waals surface area contributed by atoms with Gasteiger partial charge in [0.1, 0.15) is 0 Å². The smallest absolute Gasteiger partial charge is 0.0994 e. The number of nitrogens with zero attached hydrogens (tertiary/aromatic N) is 1. The highest BCUT2D eigenvalue weighted by molar-refractivity contribution is 7.81. The Hall–Kier alpha value is -0.980. The molecule has 1 aromatic rings. The van der Waals surface area contributed by atoms with E-state index in [0.29, 0.717) is 11.2 Å². The number of ether oxygens (including phenoxy) is 1. The summed E-state index contributed by atoms with van der Waals surface area (Å²) in [6, 6.07) is 10.0. The molecule has 3 heteroatoms. The first-order chi connectivity index (χ1) is 7.81. The molecule has 1 saturated heterocycles. The lowest BCUT2D eigenvalue weighted by molar-refractivity contribution is 0.0596. The molecule has 0 aliphatic carbocycles. The van der Waals surface area contributed by atoms with E-state index in [0.717, 1.165) is 37.2 Å². The van der Waals surface area contributed by atoms with Crippen molar-refractivity contribution in [1.29, 1.82) is 5.26 Å². The van der Waals surface area contributed by atoms with E-state index in [1.165, 1.54) is 0 Å². The highest BCUT2D eigenvalue weighted by atomic mass is 32.1. The summed E-state index contributed by atoms with van der Waals surface area (Å²) in [4.78, 5) is 0. The number of benzene rings is 1. The SMILES string of the molecule is N#Cc1ccccc1C[C@H]1COCC[C@H]1S. The fraction of sp³-hybridized carbons (Fsp3) is 0.462. The zero-order valence-corrected chi connectivity index (χ0v) is 9.99. The van der Waals surface area contributed by atoms with Crippen LogP contribution in [0.1, 0.15) is 17.5 Å². The number of nitriles is 1. The van der Waals surface area contributed by atoms with Gasteiger partial charge in [0.2, 0.25) is 0 Å². The van der Waals surface area contributed by atoms with Gasteiger partial charge in [-0.2, -0.15) is 17.9 Å². The summed E-state index contributed by atoms with van der Waals surface area (Å²) in [5.41, 5.74) is 1.88. The second kappa shape index (κ2) is 5.38. The van der Waals surface area contributed by atoms with Crippen LogP contribution in [-0.4, -0.2) is 18.5 Å². The molecule has 0 amide bonds. The Balaban J connectivity index is 2.11. The lowest BCUT2D eigenvalue weighted by Gasteiger charge is -2.28. The molecule has 0 aromatic heterocycles. The van der Waals surface area contributed by atoms with Crippen LogP contribution in [0.4, 0.5) is 0 Å². The van der Waals surface area contributed by atoms with Gasteiger partial charge in [0.05, 0.1) is 18.2 Å². The molecule has 84 valence electrons. The Morgan fingerprint density at radius 2 is 2.25 bits per heavy atom. The molecular formula is C13H15NOS. The van der Waals surface area contributed by atoms with Crippen molar-refractivity contribution in [2.45, 2.75) is 18.1 Å². The quantitative estimate of drug-likeness (QED) is 0.796. The third-order valence-electron chi connectivity index (χ3n) is 3.05. The van der Waals surface area contributed by atoms with Gasteiger partial charge in [-0.3, -0.25) is 0 Å². The Morgan fingerprint density at radius 1 is 1.44 bits per heavy atom. The minimum atomic E-state index is 0.389.